The van der Waals surface area contributed by atoms with Gasteiger partial charge in [0.1, 0.15) is 0 Å². The molecule has 2 nitrogen and oxygen atoms in total. The number of carbonyl (C=O) groups is 1. The Morgan fingerprint density at radius 2 is 2.09 bits per heavy atom. The molecular formula is C8H17O2Sb. The van der Waals surface area contributed by atoms with Crippen LogP contribution in [-0.2, 0) is 4.79 Å². The molecule has 0 aromatic heterocycles. The van der Waals surface area contributed by atoms with E-state index in [1.165, 1.54) is 0 Å². The third-order valence-electron chi connectivity index (χ3n) is 1.74. The number of carboxylic acid groups (broad SMARTS) is 1. The van der Waals surface area contributed by atoms with Gasteiger partial charge in [-0.25, -0.2) is 0 Å². The molecule has 0 saturated heterocycles. The maximum atomic E-state index is 10.7. The molecule has 1 N–H and O–H groups in total. The molecule has 0 aromatic rings. The van der Waals surface area contributed by atoms with Crippen LogP contribution in [0.2, 0.25) is 13.6 Å². The predicted octanol–water partition coefficient (Wildman–Crippen LogP) is 2.39. The Morgan fingerprint density at radius 3 is 2.36 bits per heavy atom. The molecule has 0 aliphatic carbocycles. The fraction of sp³-hybridized carbons (Fsp3) is 0.875. The van der Waals surface area contributed by atoms with Crippen molar-refractivity contribution in [2.24, 2.45) is 0 Å². The van der Waals surface area contributed by atoms with Gasteiger partial charge in [-0.1, -0.05) is 0 Å². The van der Waals surface area contributed by atoms with Crippen molar-refractivity contribution in [2.45, 2.75) is 39.8 Å². The van der Waals surface area contributed by atoms with Crippen molar-refractivity contribution >= 4 is 26.2 Å². The van der Waals surface area contributed by atoms with Crippen molar-refractivity contribution < 1.29 is 9.90 Å². The third kappa shape index (κ3) is 4.68. The summed E-state index contributed by atoms with van der Waals surface area (Å²) in [5.74, 6) is -0.563. The molecule has 0 amide bonds. The van der Waals surface area contributed by atoms with Crippen LogP contribution in [0.4, 0.5) is 0 Å². The minimum absolute atomic E-state index is 0.0398. The molecule has 0 bridgehead atoms. The van der Waals surface area contributed by atoms with Crippen LogP contribution in [0, 0.1) is 0 Å². The van der Waals surface area contributed by atoms with E-state index in [1.54, 1.807) is 0 Å². The van der Waals surface area contributed by atoms with E-state index in [9.17, 15) is 4.79 Å². The third-order valence-corrected chi connectivity index (χ3v) is 6.67. The van der Waals surface area contributed by atoms with E-state index in [1.807, 2.05) is 0 Å². The first-order valence-corrected chi connectivity index (χ1v) is 10.6. The van der Waals surface area contributed by atoms with Gasteiger partial charge >= 0.3 is 75.9 Å². The van der Waals surface area contributed by atoms with Gasteiger partial charge in [0, 0.05) is 0 Å². The molecule has 0 radical (unpaired) electrons. The molecule has 0 aliphatic rings. The first-order valence-electron chi connectivity index (χ1n) is 3.98. The van der Waals surface area contributed by atoms with Crippen LogP contribution >= 0.6 is 0 Å². The molecule has 11 heavy (non-hydrogen) atoms. The van der Waals surface area contributed by atoms with Crippen LogP contribution in [-0.4, -0.2) is 31.3 Å². The second-order valence-electron chi connectivity index (χ2n) is 2.96. The Bertz CT molecular complexity index is 123. The zero-order valence-electron chi connectivity index (χ0n) is 7.50. The molecule has 1 unspecified atom stereocenters. The summed E-state index contributed by atoms with van der Waals surface area (Å²) in [4.78, 5) is 15.0. The molecule has 1 atom stereocenters. The Hall–Kier alpha value is 0.288. The van der Waals surface area contributed by atoms with Gasteiger partial charge in [0.25, 0.3) is 0 Å². The number of aliphatic carboxylic acids is 1. The van der Waals surface area contributed by atoms with Crippen molar-refractivity contribution in [1.29, 1.82) is 0 Å². The van der Waals surface area contributed by atoms with Crippen LogP contribution in [0.25, 0.3) is 0 Å². The predicted molar refractivity (Wildman–Crippen MR) is 48.4 cm³/mol. The molecule has 0 heterocycles. The molecule has 0 saturated carbocycles. The average molecular weight is 267 g/mol. The van der Waals surface area contributed by atoms with E-state index in [4.69, 9.17) is 5.11 Å². The maximum absolute atomic E-state index is 10.7. The summed E-state index contributed by atoms with van der Waals surface area (Å²) in [6.07, 6.45) is 3.08. The quantitative estimate of drug-likeness (QED) is 0.776. The average Bonchev–Trinajstić information content (AvgIpc) is 1.87. The SMILES string of the molecule is CCCC[CH](C(=O)O)[Sb]([CH3])[CH3]. The first-order chi connectivity index (χ1) is 5.09. The van der Waals surface area contributed by atoms with Gasteiger partial charge < -0.3 is 0 Å². The number of hydrogen-bond donors (Lipinski definition) is 1. The van der Waals surface area contributed by atoms with E-state index < -0.39 is 26.2 Å². The van der Waals surface area contributed by atoms with Crippen molar-refractivity contribution in [3.63, 3.8) is 0 Å². The summed E-state index contributed by atoms with van der Waals surface area (Å²) in [7, 11) is 0. The summed E-state index contributed by atoms with van der Waals surface area (Å²) >= 11 is -1.37. The van der Waals surface area contributed by atoms with E-state index >= 15 is 0 Å². The molecule has 0 rings (SSSR count). The Kier molecular flexibility index (Phi) is 6.03. The van der Waals surface area contributed by atoms with Crippen molar-refractivity contribution in [1.82, 2.24) is 0 Å². The summed E-state index contributed by atoms with van der Waals surface area (Å²) in [6, 6.07) is 0. The van der Waals surface area contributed by atoms with E-state index in [2.05, 4.69) is 16.7 Å². The minimum atomic E-state index is -1.37. The summed E-state index contributed by atoms with van der Waals surface area (Å²) in [6.45, 7) is 2.10. The van der Waals surface area contributed by atoms with Gasteiger partial charge in [-0.05, 0) is 0 Å². The normalized spacial score (nSPS) is 13.5. The molecular weight excluding hydrogens is 250 g/mol. The van der Waals surface area contributed by atoms with Crippen LogP contribution in [0.1, 0.15) is 26.2 Å². The molecule has 0 aromatic carbocycles. The van der Waals surface area contributed by atoms with E-state index in [0.29, 0.717) is 0 Å². The molecule has 0 fully saturated rings. The van der Waals surface area contributed by atoms with Crippen LogP contribution in [0.15, 0.2) is 0 Å². The molecule has 0 aliphatic heterocycles. The summed E-state index contributed by atoms with van der Waals surface area (Å²) in [5.41, 5.74) is 0. The van der Waals surface area contributed by atoms with Gasteiger partial charge in [0.05, 0.1) is 0 Å². The summed E-state index contributed by atoms with van der Waals surface area (Å²) < 4.78 is 0.0398. The Balaban J connectivity index is 3.80. The van der Waals surface area contributed by atoms with E-state index in [0.717, 1.165) is 19.3 Å². The van der Waals surface area contributed by atoms with E-state index in [-0.39, 0.29) is 3.86 Å². The van der Waals surface area contributed by atoms with Crippen LogP contribution in [0.3, 0.4) is 0 Å². The fourth-order valence-electron chi connectivity index (χ4n) is 1.00. The first kappa shape index (κ1) is 11.3. The van der Waals surface area contributed by atoms with Gasteiger partial charge in [0.2, 0.25) is 0 Å². The zero-order valence-corrected chi connectivity index (χ0v) is 10.1. The number of rotatable bonds is 5. The van der Waals surface area contributed by atoms with Crippen LogP contribution < -0.4 is 0 Å². The molecule has 66 valence electrons. The molecule has 0 spiro atoms. The standard InChI is InChI=1S/C6H11O2.2CH3.Sb/c1-2-3-4-5-6(7)8;;;/h5H,2-4H2,1H3,(H,7,8);2*1H3;. The number of carboxylic acids is 1. The fourth-order valence-corrected chi connectivity index (χ4v) is 4.26. The second kappa shape index (κ2) is 5.88. The van der Waals surface area contributed by atoms with Crippen molar-refractivity contribution in [3.05, 3.63) is 0 Å². The van der Waals surface area contributed by atoms with Crippen molar-refractivity contribution in [3.8, 4) is 0 Å². The van der Waals surface area contributed by atoms with Crippen LogP contribution in [0.5, 0.6) is 0 Å². The topological polar surface area (TPSA) is 37.3 Å². The molecule has 3 heteroatoms. The number of unbranched alkanes of at least 4 members (excludes halogenated alkanes) is 1. The summed E-state index contributed by atoms with van der Waals surface area (Å²) in [5, 5.41) is 8.82. The van der Waals surface area contributed by atoms with Crippen molar-refractivity contribution in [2.75, 3.05) is 0 Å². The van der Waals surface area contributed by atoms with Gasteiger partial charge in [-0.3, -0.25) is 0 Å². The van der Waals surface area contributed by atoms with Gasteiger partial charge in [0.15, 0.2) is 0 Å². The van der Waals surface area contributed by atoms with Gasteiger partial charge in [-0.2, -0.15) is 0 Å². The monoisotopic (exact) mass is 266 g/mol. The Labute approximate surface area is 75.9 Å². The Morgan fingerprint density at radius 1 is 1.55 bits per heavy atom. The van der Waals surface area contributed by atoms with Gasteiger partial charge in [-0.15, -0.1) is 0 Å². The second-order valence-corrected chi connectivity index (χ2v) is 10.2. The number of hydrogen-bond acceptors (Lipinski definition) is 1. The zero-order chi connectivity index (χ0) is 8.85.